The molecule has 1 fully saturated rings. The van der Waals surface area contributed by atoms with Crippen LogP contribution in [0.3, 0.4) is 0 Å². The van der Waals surface area contributed by atoms with Crippen LogP contribution >= 0.6 is 0 Å². The number of rotatable bonds is 14. The van der Waals surface area contributed by atoms with E-state index in [0.717, 1.165) is 12.8 Å². The van der Waals surface area contributed by atoms with Crippen LogP contribution in [0.4, 0.5) is 4.79 Å². The molecular weight excluding hydrogens is 358 g/mol. The van der Waals surface area contributed by atoms with E-state index in [9.17, 15) is 14.7 Å². The molecule has 1 heterocycles. The van der Waals surface area contributed by atoms with Crippen LogP contribution in [0.15, 0.2) is 0 Å². The van der Waals surface area contributed by atoms with Gasteiger partial charge in [0.1, 0.15) is 6.10 Å². The van der Waals surface area contributed by atoms with Crippen molar-refractivity contribution >= 4 is 12.1 Å². The molecular formula is C22H41NO5. The van der Waals surface area contributed by atoms with E-state index in [1.54, 1.807) is 11.8 Å². The monoisotopic (exact) mass is 399 g/mol. The van der Waals surface area contributed by atoms with Crippen LogP contribution in [0.2, 0.25) is 0 Å². The van der Waals surface area contributed by atoms with E-state index in [4.69, 9.17) is 9.47 Å². The van der Waals surface area contributed by atoms with Crippen LogP contribution in [0.5, 0.6) is 0 Å². The number of carbonyl (C=O) groups is 2. The highest BCUT2D eigenvalue weighted by Gasteiger charge is 2.26. The number of nitrogens with zero attached hydrogens (tertiary/aromatic N) is 1. The van der Waals surface area contributed by atoms with E-state index in [2.05, 4.69) is 6.92 Å². The second kappa shape index (κ2) is 15.6. The lowest BCUT2D eigenvalue weighted by Gasteiger charge is -2.32. The Morgan fingerprint density at radius 1 is 0.964 bits per heavy atom. The molecule has 0 aliphatic carbocycles. The normalized spacial score (nSPS) is 16.0. The highest BCUT2D eigenvalue weighted by molar-refractivity contribution is 5.76. The first-order chi connectivity index (χ1) is 13.6. The van der Waals surface area contributed by atoms with Crippen molar-refractivity contribution in [2.75, 3.05) is 19.7 Å². The summed E-state index contributed by atoms with van der Waals surface area (Å²) >= 11 is 0. The minimum absolute atomic E-state index is 0.00184. The van der Waals surface area contributed by atoms with Crippen molar-refractivity contribution in [3.05, 3.63) is 0 Å². The van der Waals surface area contributed by atoms with E-state index in [0.29, 0.717) is 39.0 Å². The topological polar surface area (TPSA) is 76.1 Å². The summed E-state index contributed by atoms with van der Waals surface area (Å²) < 4.78 is 9.99. The number of piperidine rings is 1. The molecule has 0 bridgehead atoms. The van der Waals surface area contributed by atoms with E-state index in [1.165, 1.54) is 44.9 Å². The predicted octanol–water partition coefficient (Wildman–Crippen LogP) is 4.82. The molecule has 0 aromatic heterocycles. The number of amides is 1. The summed E-state index contributed by atoms with van der Waals surface area (Å²) in [6.07, 6.45) is 12.0. The standard InChI is InChI=1S/C22H41NO5/c1-3-5-6-7-8-9-10-11-12-13-19(24)18-21(25)23-16-14-20(15-17-23)28-22(26)27-4-2/h19-20,24H,3-18H2,1-2H3. The van der Waals surface area contributed by atoms with Gasteiger partial charge in [0.2, 0.25) is 5.91 Å². The van der Waals surface area contributed by atoms with Crippen LogP contribution < -0.4 is 0 Å². The Balaban J connectivity index is 2.05. The zero-order valence-corrected chi connectivity index (χ0v) is 18.0. The lowest BCUT2D eigenvalue weighted by Crippen LogP contribution is -2.42. The molecule has 0 saturated carbocycles. The van der Waals surface area contributed by atoms with Gasteiger partial charge in [-0.25, -0.2) is 4.79 Å². The molecule has 1 unspecified atom stereocenters. The molecule has 1 atom stereocenters. The SMILES string of the molecule is CCCCCCCCCCCC(O)CC(=O)N1CCC(OC(=O)OCC)CC1. The van der Waals surface area contributed by atoms with Gasteiger partial charge in [-0.3, -0.25) is 4.79 Å². The number of hydrogen-bond donors (Lipinski definition) is 1. The maximum Gasteiger partial charge on any atom is 0.508 e. The van der Waals surface area contributed by atoms with Crippen molar-refractivity contribution in [3.8, 4) is 0 Å². The lowest BCUT2D eigenvalue weighted by molar-refractivity contribution is -0.135. The summed E-state index contributed by atoms with van der Waals surface area (Å²) in [7, 11) is 0. The summed E-state index contributed by atoms with van der Waals surface area (Å²) in [4.78, 5) is 25.4. The van der Waals surface area contributed by atoms with Gasteiger partial charge in [0, 0.05) is 25.9 Å². The van der Waals surface area contributed by atoms with Crippen LogP contribution in [0, 0.1) is 0 Å². The molecule has 28 heavy (non-hydrogen) atoms. The van der Waals surface area contributed by atoms with Gasteiger partial charge in [0.25, 0.3) is 0 Å². The number of aliphatic hydroxyl groups excluding tert-OH is 1. The highest BCUT2D eigenvalue weighted by atomic mass is 16.7. The minimum Gasteiger partial charge on any atom is -0.435 e. The Bertz CT molecular complexity index is 421. The number of ether oxygens (including phenoxy) is 2. The van der Waals surface area contributed by atoms with E-state index in [1.807, 2.05) is 0 Å². The van der Waals surface area contributed by atoms with Gasteiger partial charge in [-0.05, 0) is 13.3 Å². The molecule has 6 nitrogen and oxygen atoms in total. The van der Waals surface area contributed by atoms with Gasteiger partial charge in [-0.1, -0.05) is 64.7 Å². The van der Waals surface area contributed by atoms with Crippen LogP contribution in [-0.4, -0.2) is 54.0 Å². The Hall–Kier alpha value is -1.30. The zero-order valence-electron chi connectivity index (χ0n) is 18.0. The molecule has 0 aromatic carbocycles. The first-order valence-electron chi connectivity index (χ1n) is 11.4. The average molecular weight is 400 g/mol. The van der Waals surface area contributed by atoms with Crippen molar-refractivity contribution in [1.29, 1.82) is 0 Å². The first kappa shape index (κ1) is 24.7. The van der Waals surface area contributed by atoms with Crippen molar-refractivity contribution in [2.45, 2.75) is 110 Å². The Morgan fingerprint density at radius 2 is 1.54 bits per heavy atom. The molecule has 1 amide bonds. The van der Waals surface area contributed by atoms with E-state index < -0.39 is 12.3 Å². The summed E-state index contributed by atoms with van der Waals surface area (Å²) in [5.41, 5.74) is 0. The van der Waals surface area contributed by atoms with Gasteiger partial charge in [0.05, 0.1) is 19.1 Å². The fourth-order valence-corrected chi connectivity index (χ4v) is 3.63. The summed E-state index contributed by atoms with van der Waals surface area (Å²) in [6, 6.07) is 0. The second-order valence-corrected chi connectivity index (χ2v) is 7.86. The van der Waals surface area contributed by atoms with E-state index in [-0.39, 0.29) is 18.4 Å². The molecule has 0 aromatic rings. The molecule has 0 spiro atoms. The predicted molar refractivity (Wildman–Crippen MR) is 110 cm³/mol. The average Bonchev–Trinajstić information content (AvgIpc) is 2.67. The third-order valence-electron chi connectivity index (χ3n) is 5.37. The van der Waals surface area contributed by atoms with Crippen molar-refractivity contribution in [2.24, 2.45) is 0 Å². The van der Waals surface area contributed by atoms with Crippen LogP contribution in [0.25, 0.3) is 0 Å². The number of likely N-dealkylation sites (tertiary alicyclic amines) is 1. The van der Waals surface area contributed by atoms with Gasteiger partial charge < -0.3 is 19.5 Å². The Kier molecular flexibility index (Phi) is 13.8. The van der Waals surface area contributed by atoms with Crippen LogP contribution in [-0.2, 0) is 14.3 Å². The number of carbonyl (C=O) groups excluding carboxylic acids is 2. The molecule has 0 radical (unpaired) electrons. The zero-order chi connectivity index (χ0) is 20.6. The molecule has 1 aliphatic rings. The molecule has 164 valence electrons. The highest BCUT2D eigenvalue weighted by Crippen LogP contribution is 2.17. The number of unbranched alkanes of at least 4 members (excludes halogenated alkanes) is 8. The molecule has 1 N–H and O–H groups in total. The van der Waals surface area contributed by atoms with Gasteiger partial charge in [-0.2, -0.15) is 0 Å². The summed E-state index contributed by atoms with van der Waals surface area (Å²) in [5.74, 6) is -0.00184. The second-order valence-electron chi connectivity index (χ2n) is 7.86. The summed E-state index contributed by atoms with van der Waals surface area (Å²) in [6.45, 7) is 5.40. The van der Waals surface area contributed by atoms with Crippen molar-refractivity contribution in [3.63, 3.8) is 0 Å². The first-order valence-corrected chi connectivity index (χ1v) is 11.4. The maximum absolute atomic E-state index is 12.3. The molecule has 6 heteroatoms. The minimum atomic E-state index is -0.636. The number of aliphatic hydroxyl groups is 1. The van der Waals surface area contributed by atoms with Gasteiger partial charge in [-0.15, -0.1) is 0 Å². The fraction of sp³-hybridized carbons (Fsp3) is 0.909. The quantitative estimate of drug-likeness (QED) is 0.335. The molecule has 1 rings (SSSR count). The Labute approximate surface area is 171 Å². The lowest BCUT2D eigenvalue weighted by atomic mass is 10.0. The third-order valence-corrected chi connectivity index (χ3v) is 5.37. The van der Waals surface area contributed by atoms with E-state index >= 15 is 0 Å². The Morgan fingerprint density at radius 3 is 2.11 bits per heavy atom. The maximum atomic E-state index is 12.3. The summed E-state index contributed by atoms with van der Waals surface area (Å²) in [5, 5.41) is 10.1. The molecule has 1 aliphatic heterocycles. The van der Waals surface area contributed by atoms with Crippen LogP contribution in [0.1, 0.15) is 97.3 Å². The third kappa shape index (κ3) is 11.5. The van der Waals surface area contributed by atoms with Crippen molar-refractivity contribution in [1.82, 2.24) is 4.90 Å². The van der Waals surface area contributed by atoms with Gasteiger partial charge in [0.15, 0.2) is 0 Å². The number of hydrogen-bond acceptors (Lipinski definition) is 5. The fourth-order valence-electron chi connectivity index (χ4n) is 3.63. The smallest absolute Gasteiger partial charge is 0.435 e. The largest absolute Gasteiger partial charge is 0.508 e. The molecule has 1 saturated heterocycles. The van der Waals surface area contributed by atoms with Crippen molar-refractivity contribution < 1.29 is 24.2 Å². The van der Waals surface area contributed by atoms with Gasteiger partial charge >= 0.3 is 6.16 Å².